The number of hydrogen-bond donors (Lipinski definition) is 1. The Kier molecular flexibility index (Phi) is 5.68. The van der Waals surface area contributed by atoms with Crippen molar-refractivity contribution < 1.29 is 21.9 Å². The fourth-order valence-corrected chi connectivity index (χ4v) is 3.59. The molecule has 3 rings (SSSR count). The van der Waals surface area contributed by atoms with E-state index in [9.17, 15) is 17.2 Å². The van der Waals surface area contributed by atoms with Crippen molar-refractivity contribution >= 4 is 21.6 Å². The van der Waals surface area contributed by atoms with E-state index in [1.165, 1.54) is 4.68 Å². The van der Waals surface area contributed by atoms with Crippen LogP contribution in [0.1, 0.15) is 5.56 Å². The van der Waals surface area contributed by atoms with Gasteiger partial charge < -0.3 is 4.74 Å². The lowest BCUT2D eigenvalue weighted by atomic mass is 10.2. The van der Waals surface area contributed by atoms with E-state index in [0.29, 0.717) is 11.4 Å². The first-order chi connectivity index (χ1) is 12.9. The van der Waals surface area contributed by atoms with Crippen molar-refractivity contribution in [2.24, 2.45) is 0 Å². The average Bonchev–Trinajstić information content (AvgIpc) is 3.16. The molecule has 142 valence electrons. The Morgan fingerprint density at radius 1 is 1.22 bits per heavy atom. The van der Waals surface area contributed by atoms with Crippen LogP contribution < -0.4 is 9.46 Å². The van der Waals surface area contributed by atoms with E-state index in [2.05, 4.69) is 19.5 Å². The molecule has 0 aliphatic carbocycles. The second kappa shape index (κ2) is 7.99. The fraction of sp³-hybridized carbons (Fsp3) is 0.125. The Balaban J connectivity index is 1.79. The number of nitrogens with zero attached hydrogens (tertiary/aromatic N) is 3. The van der Waals surface area contributed by atoms with Crippen LogP contribution in [0.25, 0.3) is 5.82 Å². The second-order valence-corrected chi connectivity index (χ2v) is 7.41. The van der Waals surface area contributed by atoms with E-state index >= 15 is 0 Å². The molecule has 0 atom stereocenters. The van der Waals surface area contributed by atoms with Gasteiger partial charge in [-0.15, -0.1) is 0 Å². The minimum atomic E-state index is -3.95. The third-order valence-corrected chi connectivity index (χ3v) is 5.17. The predicted octanol–water partition coefficient (Wildman–Crippen LogP) is 3.00. The molecule has 0 amide bonds. The van der Waals surface area contributed by atoms with E-state index in [1.807, 2.05) is 0 Å². The van der Waals surface area contributed by atoms with Gasteiger partial charge >= 0.3 is 6.61 Å². The van der Waals surface area contributed by atoms with Crippen molar-refractivity contribution in [3.63, 3.8) is 0 Å². The number of alkyl halides is 2. The molecule has 0 aliphatic heterocycles. The molecule has 0 radical (unpaired) electrons. The highest BCUT2D eigenvalue weighted by Gasteiger charge is 2.18. The maximum Gasteiger partial charge on any atom is 0.387 e. The van der Waals surface area contributed by atoms with Crippen LogP contribution in [0.5, 0.6) is 5.75 Å². The molecule has 2 heterocycles. The summed E-state index contributed by atoms with van der Waals surface area (Å²) in [5, 5.41) is 3.84. The molecule has 27 heavy (non-hydrogen) atoms. The summed E-state index contributed by atoms with van der Waals surface area (Å²) in [5.74, 6) is 0.169. The minimum Gasteiger partial charge on any atom is -0.433 e. The summed E-state index contributed by atoms with van der Waals surface area (Å²) in [4.78, 5) is 4.02. The van der Waals surface area contributed by atoms with Gasteiger partial charge in [0, 0.05) is 30.7 Å². The van der Waals surface area contributed by atoms with Crippen LogP contribution in [0, 0.1) is 0 Å². The van der Waals surface area contributed by atoms with E-state index < -0.39 is 16.6 Å². The van der Waals surface area contributed by atoms with Crippen LogP contribution in [0.3, 0.4) is 0 Å². The first-order valence-corrected chi connectivity index (χ1v) is 9.41. The van der Waals surface area contributed by atoms with Gasteiger partial charge in [-0.1, -0.05) is 17.7 Å². The second-order valence-electron chi connectivity index (χ2n) is 5.23. The van der Waals surface area contributed by atoms with Crippen LogP contribution >= 0.6 is 11.6 Å². The number of halogens is 3. The third kappa shape index (κ3) is 4.59. The molecule has 3 aromatic rings. The van der Waals surface area contributed by atoms with Crippen LogP contribution in [-0.2, 0) is 16.6 Å². The van der Waals surface area contributed by atoms with Gasteiger partial charge in [0.15, 0.2) is 5.82 Å². The highest BCUT2D eigenvalue weighted by Crippen LogP contribution is 2.28. The first kappa shape index (κ1) is 19.2. The smallest absolute Gasteiger partial charge is 0.387 e. The summed E-state index contributed by atoms with van der Waals surface area (Å²) in [7, 11) is -3.95. The molecule has 2 aromatic heterocycles. The quantitative estimate of drug-likeness (QED) is 0.642. The van der Waals surface area contributed by atoms with E-state index in [4.69, 9.17) is 11.6 Å². The number of aromatic nitrogens is 3. The van der Waals surface area contributed by atoms with Crippen LogP contribution in [0.2, 0.25) is 5.02 Å². The van der Waals surface area contributed by atoms with Crippen LogP contribution in [-0.4, -0.2) is 29.8 Å². The lowest BCUT2D eigenvalue weighted by molar-refractivity contribution is -0.0498. The lowest BCUT2D eigenvalue weighted by Gasteiger charge is -2.12. The Labute approximate surface area is 158 Å². The molecule has 1 aromatic carbocycles. The van der Waals surface area contributed by atoms with Gasteiger partial charge in [0.2, 0.25) is 10.0 Å². The monoisotopic (exact) mass is 414 g/mol. The van der Waals surface area contributed by atoms with Gasteiger partial charge in [0.1, 0.15) is 5.75 Å². The zero-order chi connectivity index (χ0) is 19.4. The SMILES string of the molecule is O=S(=O)(NCc1cccnc1-n1cccn1)c1ccc(OC(F)F)c(Cl)c1. The highest BCUT2D eigenvalue weighted by molar-refractivity contribution is 7.89. The topological polar surface area (TPSA) is 86.1 Å². The number of nitrogens with one attached hydrogen (secondary N) is 1. The number of ether oxygens (including phenoxy) is 1. The number of sulfonamides is 1. The third-order valence-electron chi connectivity index (χ3n) is 3.47. The lowest BCUT2D eigenvalue weighted by Crippen LogP contribution is -2.24. The zero-order valence-corrected chi connectivity index (χ0v) is 15.2. The van der Waals surface area contributed by atoms with Gasteiger partial charge in [-0.05, 0) is 30.3 Å². The number of pyridine rings is 1. The molecule has 11 heteroatoms. The molecule has 0 saturated heterocycles. The Morgan fingerprint density at radius 2 is 2.04 bits per heavy atom. The molecule has 0 unspecified atom stereocenters. The normalized spacial score (nSPS) is 11.7. The van der Waals surface area contributed by atoms with Crippen LogP contribution in [0.15, 0.2) is 59.9 Å². The summed E-state index contributed by atoms with van der Waals surface area (Å²) in [5.41, 5.74) is 0.591. The number of benzene rings is 1. The zero-order valence-electron chi connectivity index (χ0n) is 13.6. The number of rotatable bonds is 7. The molecule has 7 nitrogen and oxygen atoms in total. The average molecular weight is 415 g/mol. The fourth-order valence-electron chi connectivity index (χ4n) is 2.27. The molecular formula is C16H13ClF2N4O3S. The number of hydrogen-bond acceptors (Lipinski definition) is 5. The van der Waals surface area contributed by atoms with Gasteiger partial charge in [-0.3, -0.25) is 0 Å². The molecule has 0 saturated carbocycles. The summed E-state index contributed by atoms with van der Waals surface area (Å²) in [6, 6.07) is 8.34. The van der Waals surface area contributed by atoms with Gasteiger partial charge in [-0.25, -0.2) is 22.8 Å². The molecule has 0 spiro atoms. The van der Waals surface area contributed by atoms with Crippen molar-refractivity contribution in [1.82, 2.24) is 19.5 Å². The van der Waals surface area contributed by atoms with E-state index in [1.54, 1.807) is 36.8 Å². The Morgan fingerprint density at radius 3 is 2.70 bits per heavy atom. The minimum absolute atomic E-state index is 0.0573. The molecule has 0 fully saturated rings. The molecule has 0 bridgehead atoms. The summed E-state index contributed by atoms with van der Waals surface area (Å²) in [6.45, 7) is -3.12. The molecule has 0 aliphatic rings. The largest absolute Gasteiger partial charge is 0.433 e. The van der Waals surface area contributed by atoms with Crippen molar-refractivity contribution in [2.75, 3.05) is 0 Å². The van der Waals surface area contributed by atoms with Crippen molar-refractivity contribution in [3.05, 3.63) is 65.6 Å². The molecule has 1 N–H and O–H groups in total. The van der Waals surface area contributed by atoms with Gasteiger partial charge in [0.25, 0.3) is 0 Å². The summed E-state index contributed by atoms with van der Waals surface area (Å²) >= 11 is 5.82. The first-order valence-electron chi connectivity index (χ1n) is 7.55. The van der Waals surface area contributed by atoms with Crippen molar-refractivity contribution in [1.29, 1.82) is 0 Å². The molecular weight excluding hydrogens is 402 g/mol. The van der Waals surface area contributed by atoms with E-state index in [0.717, 1.165) is 18.2 Å². The maximum atomic E-state index is 12.5. The Hall–Kier alpha value is -2.56. The highest BCUT2D eigenvalue weighted by atomic mass is 35.5. The summed E-state index contributed by atoms with van der Waals surface area (Å²) in [6.07, 6.45) is 4.83. The summed E-state index contributed by atoms with van der Waals surface area (Å²) < 4.78 is 57.7. The van der Waals surface area contributed by atoms with Crippen molar-refractivity contribution in [3.8, 4) is 11.6 Å². The van der Waals surface area contributed by atoms with E-state index in [-0.39, 0.29) is 22.2 Å². The van der Waals surface area contributed by atoms with Gasteiger partial charge in [0.05, 0.1) is 9.92 Å². The standard InChI is InChI=1S/C16H13ClF2N4O3S/c17-13-9-12(4-5-14(13)26-16(18)19)27(24,25)22-10-11-3-1-6-20-15(11)23-8-2-7-21-23/h1-9,16,22H,10H2. The van der Waals surface area contributed by atoms with Gasteiger partial charge in [-0.2, -0.15) is 13.9 Å². The maximum absolute atomic E-state index is 12.5. The Bertz CT molecular complexity index is 1030. The van der Waals surface area contributed by atoms with Crippen molar-refractivity contribution in [2.45, 2.75) is 18.1 Å². The van der Waals surface area contributed by atoms with Crippen LogP contribution in [0.4, 0.5) is 8.78 Å². The predicted molar refractivity (Wildman–Crippen MR) is 93.5 cm³/mol.